The van der Waals surface area contributed by atoms with Crippen LogP contribution in [0.5, 0.6) is 0 Å². The lowest BCUT2D eigenvalue weighted by Gasteiger charge is -2.21. The molecule has 0 aromatic carbocycles. The van der Waals surface area contributed by atoms with Crippen LogP contribution < -0.4 is 5.32 Å². The number of aryl methyl sites for hydroxylation is 1. The van der Waals surface area contributed by atoms with Crippen molar-refractivity contribution < 1.29 is 4.42 Å². The van der Waals surface area contributed by atoms with E-state index >= 15 is 0 Å². The fourth-order valence-corrected chi connectivity index (χ4v) is 2.59. The summed E-state index contributed by atoms with van der Waals surface area (Å²) in [4.78, 5) is 2.58. The highest BCUT2D eigenvalue weighted by molar-refractivity contribution is 5.08. The summed E-state index contributed by atoms with van der Waals surface area (Å²) in [6.45, 7) is 8.91. The van der Waals surface area contributed by atoms with Crippen LogP contribution in [0, 0.1) is 6.92 Å². The van der Waals surface area contributed by atoms with E-state index in [0.717, 1.165) is 24.6 Å². The molecule has 0 bridgehead atoms. The number of nitrogens with zero attached hydrogens (tertiary/aromatic N) is 1. The molecule has 0 radical (unpaired) electrons. The number of rotatable bonds is 5. The van der Waals surface area contributed by atoms with Crippen LogP contribution in [0.3, 0.4) is 0 Å². The maximum Gasteiger partial charge on any atom is 0.120 e. The Hall–Kier alpha value is -0.800. The molecule has 0 amide bonds. The molecule has 18 heavy (non-hydrogen) atoms. The normalized spacial score (nSPS) is 19.7. The van der Waals surface area contributed by atoms with Crippen molar-refractivity contribution in [2.75, 3.05) is 26.2 Å². The van der Waals surface area contributed by atoms with Gasteiger partial charge in [-0.05, 0) is 51.9 Å². The van der Waals surface area contributed by atoms with Crippen molar-refractivity contribution in [1.82, 2.24) is 10.2 Å². The first-order chi connectivity index (χ1) is 8.75. The highest BCUT2D eigenvalue weighted by Gasteiger charge is 2.11. The Bertz CT molecular complexity index is 340. The van der Waals surface area contributed by atoms with Gasteiger partial charge in [-0.2, -0.15) is 0 Å². The quantitative estimate of drug-likeness (QED) is 0.870. The smallest absolute Gasteiger partial charge is 0.120 e. The Labute approximate surface area is 111 Å². The molecule has 1 atom stereocenters. The van der Waals surface area contributed by atoms with Gasteiger partial charge in [0.05, 0.1) is 6.04 Å². The van der Waals surface area contributed by atoms with Crippen LogP contribution in [0.15, 0.2) is 16.5 Å². The maximum absolute atomic E-state index is 5.63. The zero-order valence-electron chi connectivity index (χ0n) is 11.7. The summed E-state index contributed by atoms with van der Waals surface area (Å²) in [7, 11) is 0. The first kappa shape index (κ1) is 13.6. The van der Waals surface area contributed by atoms with Crippen LogP contribution in [0.25, 0.3) is 0 Å². The SMILES string of the molecule is Cc1ccc(C(C)NCCN2CCCCCC2)o1. The lowest BCUT2D eigenvalue weighted by atomic mass is 10.2. The zero-order chi connectivity index (χ0) is 12.8. The van der Waals surface area contributed by atoms with Crippen molar-refractivity contribution in [2.45, 2.75) is 45.6 Å². The average Bonchev–Trinajstić information content (AvgIpc) is 2.63. The molecule has 0 spiro atoms. The molecule has 2 rings (SSSR count). The fraction of sp³-hybridized carbons (Fsp3) is 0.733. The topological polar surface area (TPSA) is 28.4 Å². The van der Waals surface area contributed by atoms with E-state index in [4.69, 9.17) is 4.42 Å². The molecule has 2 heterocycles. The summed E-state index contributed by atoms with van der Waals surface area (Å²) in [5, 5.41) is 3.54. The largest absolute Gasteiger partial charge is 0.465 e. The molecular formula is C15H26N2O. The minimum absolute atomic E-state index is 0.311. The van der Waals surface area contributed by atoms with Crippen LogP contribution in [-0.4, -0.2) is 31.1 Å². The molecular weight excluding hydrogens is 224 g/mol. The van der Waals surface area contributed by atoms with Crippen molar-refractivity contribution in [3.63, 3.8) is 0 Å². The van der Waals surface area contributed by atoms with Gasteiger partial charge < -0.3 is 14.6 Å². The van der Waals surface area contributed by atoms with Crippen LogP contribution in [-0.2, 0) is 0 Å². The molecule has 1 aromatic rings. The monoisotopic (exact) mass is 250 g/mol. The van der Waals surface area contributed by atoms with Gasteiger partial charge in [-0.15, -0.1) is 0 Å². The van der Waals surface area contributed by atoms with E-state index < -0.39 is 0 Å². The molecule has 1 N–H and O–H groups in total. The molecule has 1 unspecified atom stereocenters. The zero-order valence-corrected chi connectivity index (χ0v) is 11.7. The lowest BCUT2D eigenvalue weighted by Crippen LogP contribution is -2.33. The number of furan rings is 1. The molecule has 3 nitrogen and oxygen atoms in total. The van der Waals surface area contributed by atoms with E-state index in [1.165, 1.54) is 38.8 Å². The second kappa shape index (κ2) is 6.95. The number of hydrogen-bond donors (Lipinski definition) is 1. The first-order valence-electron chi connectivity index (χ1n) is 7.28. The Balaban J connectivity index is 1.68. The van der Waals surface area contributed by atoms with Crippen molar-refractivity contribution in [3.05, 3.63) is 23.7 Å². The van der Waals surface area contributed by atoms with Gasteiger partial charge in [0.15, 0.2) is 0 Å². The van der Waals surface area contributed by atoms with E-state index in [9.17, 15) is 0 Å². The van der Waals surface area contributed by atoms with Crippen molar-refractivity contribution in [1.29, 1.82) is 0 Å². The number of nitrogens with one attached hydrogen (secondary N) is 1. The van der Waals surface area contributed by atoms with Gasteiger partial charge in [-0.25, -0.2) is 0 Å². The first-order valence-corrected chi connectivity index (χ1v) is 7.28. The molecule has 1 aromatic heterocycles. The Kier molecular flexibility index (Phi) is 5.26. The lowest BCUT2D eigenvalue weighted by molar-refractivity contribution is 0.277. The summed E-state index contributed by atoms with van der Waals surface area (Å²) < 4.78 is 5.63. The summed E-state index contributed by atoms with van der Waals surface area (Å²) in [5.74, 6) is 2.04. The summed E-state index contributed by atoms with van der Waals surface area (Å²) in [6.07, 6.45) is 5.55. The van der Waals surface area contributed by atoms with E-state index in [1.54, 1.807) is 0 Å². The van der Waals surface area contributed by atoms with Gasteiger partial charge in [0, 0.05) is 13.1 Å². The van der Waals surface area contributed by atoms with E-state index in [-0.39, 0.29) is 0 Å². The third-order valence-electron chi connectivity index (χ3n) is 3.77. The van der Waals surface area contributed by atoms with Crippen molar-refractivity contribution >= 4 is 0 Å². The third kappa shape index (κ3) is 4.14. The molecule has 0 saturated carbocycles. The summed E-state index contributed by atoms with van der Waals surface area (Å²) in [6, 6.07) is 4.41. The molecule has 3 heteroatoms. The highest BCUT2D eigenvalue weighted by atomic mass is 16.3. The molecule has 1 aliphatic rings. The molecule has 102 valence electrons. The molecule has 1 aliphatic heterocycles. The van der Waals surface area contributed by atoms with Gasteiger partial charge in [-0.3, -0.25) is 0 Å². The predicted octanol–water partition coefficient (Wildman–Crippen LogP) is 3.11. The summed E-state index contributed by atoms with van der Waals surface area (Å²) in [5.41, 5.74) is 0. The number of hydrogen-bond acceptors (Lipinski definition) is 3. The van der Waals surface area contributed by atoms with E-state index in [1.807, 2.05) is 13.0 Å². The molecule has 1 saturated heterocycles. The van der Waals surface area contributed by atoms with Crippen molar-refractivity contribution in [2.24, 2.45) is 0 Å². The standard InChI is InChI=1S/C15H26N2O/c1-13-7-8-15(18-13)14(2)16-9-12-17-10-5-3-4-6-11-17/h7-8,14,16H,3-6,9-12H2,1-2H3. The second-order valence-corrected chi connectivity index (χ2v) is 5.38. The van der Waals surface area contributed by atoms with Gasteiger partial charge in [0.25, 0.3) is 0 Å². The minimum Gasteiger partial charge on any atom is -0.465 e. The van der Waals surface area contributed by atoms with Crippen LogP contribution in [0.1, 0.15) is 50.2 Å². The average molecular weight is 250 g/mol. The molecule has 0 aliphatic carbocycles. The van der Waals surface area contributed by atoms with E-state index in [2.05, 4.69) is 23.2 Å². The van der Waals surface area contributed by atoms with Crippen LogP contribution >= 0.6 is 0 Å². The van der Waals surface area contributed by atoms with Gasteiger partial charge in [0.2, 0.25) is 0 Å². The minimum atomic E-state index is 0.311. The maximum atomic E-state index is 5.63. The van der Waals surface area contributed by atoms with Crippen molar-refractivity contribution in [3.8, 4) is 0 Å². The highest BCUT2D eigenvalue weighted by Crippen LogP contribution is 2.15. The van der Waals surface area contributed by atoms with Gasteiger partial charge in [0.1, 0.15) is 11.5 Å². The van der Waals surface area contributed by atoms with E-state index in [0.29, 0.717) is 6.04 Å². The number of likely N-dealkylation sites (tertiary alicyclic amines) is 1. The summed E-state index contributed by atoms with van der Waals surface area (Å²) >= 11 is 0. The Morgan fingerprint density at radius 1 is 1.22 bits per heavy atom. The second-order valence-electron chi connectivity index (χ2n) is 5.38. The van der Waals surface area contributed by atoms with Gasteiger partial charge in [-0.1, -0.05) is 12.8 Å². The third-order valence-corrected chi connectivity index (χ3v) is 3.77. The predicted molar refractivity (Wildman–Crippen MR) is 74.8 cm³/mol. The van der Waals surface area contributed by atoms with Crippen LogP contribution in [0.2, 0.25) is 0 Å². The van der Waals surface area contributed by atoms with Crippen LogP contribution in [0.4, 0.5) is 0 Å². The van der Waals surface area contributed by atoms with Gasteiger partial charge >= 0.3 is 0 Å². The Morgan fingerprint density at radius 2 is 1.94 bits per heavy atom. The fourth-order valence-electron chi connectivity index (χ4n) is 2.59. The Morgan fingerprint density at radius 3 is 2.56 bits per heavy atom. The molecule has 1 fully saturated rings.